The first-order chi connectivity index (χ1) is 7.81. The second kappa shape index (κ2) is 5.48. The number of hydrogen-bond donors (Lipinski definition) is 1. The fraction of sp³-hybridized carbons (Fsp3) is 0.600. The minimum absolute atomic E-state index is 0.293. The van der Waals surface area contributed by atoms with Gasteiger partial charge in [0.1, 0.15) is 16.6 Å². The summed E-state index contributed by atoms with van der Waals surface area (Å²) in [6.07, 6.45) is 2.14. The molecule has 0 saturated carbocycles. The lowest BCUT2D eigenvalue weighted by atomic mass is 10.0. The summed E-state index contributed by atoms with van der Waals surface area (Å²) in [6, 6.07) is 2.06. The predicted octanol–water partition coefficient (Wildman–Crippen LogP) is 2.51. The number of halogens is 1. The van der Waals surface area contributed by atoms with Crippen molar-refractivity contribution in [2.24, 2.45) is 5.92 Å². The second-order valence-electron chi connectivity index (χ2n) is 3.73. The summed E-state index contributed by atoms with van der Waals surface area (Å²) in [4.78, 5) is 0. The van der Waals surface area contributed by atoms with E-state index in [9.17, 15) is 0 Å². The van der Waals surface area contributed by atoms with Gasteiger partial charge < -0.3 is 10.1 Å². The lowest BCUT2D eigenvalue weighted by Crippen LogP contribution is -2.22. The molecule has 0 atom stereocenters. The zero-order valence-electron chi connectivity index (χ0n) is 8.70. The molecule has 2 rings (SSSR count). The Kier molecular flexibility index (Phi) is 3.99. The van der Waals surface area contributed by atoms with Gasteiger partial charge in [0.15, 0.2) is 5.15 Å². The van der Waals surface area contributed by atoms with Crippen molar-refractivity contribution in [3.05, 3.63) is 10.7 Å². The van der Waals surface area contributed by atoms with Crippen LogP contribution in [0.3, 0.4) is 0 Å². The van der Waals surface area contributed by atoms with Crippen LogP contribution in [0.4, 0.5) is 5.00 Å². The summed E-state index contributed by atoms with van der Waals surface area (Å²) in [6.45, 7) is 2.53. The number of anilines is 1. The van der Waals surface area contributed by atoms with Crippen molar-refractivity contribution in [1.82, 2.24) is 4.37 Å². The molecule has 1 saturated heterocycles. The molecule has 1 fully saturated rings. The summed E-state index contributed by atoms with van der Waals surface area (Å²) in [5.41, 5.74) is 0.457. The molecule has 6 heteroatoms. The van der Waals surface area contributed by atoms with Crippen molar-refractivity contribution in [3.63, 3.8) is 0 Å². The second-order valence-corrected chi connectivity index (χ2v) is 4.86. The molecule has 4 nitrogen and oxygen atoms in total. The van der Waals surface area contributed by atoms with E-state index in [0.717, 1.165) is 37.6 Å². The highest BCUT2D eigenvalue weighted by atomic mass is 35.5. The fourth-order valence-corrected chi connectivity index (χ4v) is 2.62. The van der Waals surface area contributed by atoms with Crippen LogP contribution in [0.15, 0.2) is 0 Å². The molecule has 86 valence electrons. The van der Waals surface area contributed by atoms with E-state index in [0.29, 0.717) is 16.6 Å². The molecular formula is C10H12ClN3OS. The third-order valence-corrected chi connectivity index (χ3v) is 3.83. The van der Waals surface area contributed by atoms with Gasteiger partial charge in [0.2, 0.25) is 0 Å². The zero-order valence-corrected chi connectivity index (χ0v) is 10.3. The van der Waals surface area contributed by atoms with Crippen LogP contribution in [0, 0.1) is 17.2 Å². The maximum atomic E-state index is 8.90. The van der Waals surface area contributed by atoms with Gasteiger partial charge in [0, 0.05) is 19.8 Å². The monoisotopic (exact) mass is 257 g/mol. The molecule has 0 aliphatic carbocycles. The van der Waals surface area contributed by atoms with E-state index in [4.69, 9.17) is 21.6 Å². The maximum absolute atomic E-state index is 8.90. The quantitative estimate of drug-likeness (QED) is 0.904. The van der Waals surface area contributed by atoms with Gasteiger partial charge in [-0.25, -0.2) is 0 Å². The van der Waals surface area contributed by atoms with Gasteiger partial charge in [-0.1, -0.05) is 11.6 Å². The third-order valence-electron chi connectivity index (χ3n) is 2.65. The first kappa shape index (κ1) is 11.6. The smallest absolute Gasteiger partial charge is 0.162 e. The number of aromatic nitrogens is 1. The van der Waals surface area contributed by atoms with Crippen molar-refractivity contribution in [1.29, 1.82) is 5.26 Å². The highest BCUT2D eigenvalue weighted by molar-refractivity contribution is 7.10. The summed E-state index contributed by atoms with van der Waals surface area (Å²) >= 11 is 7.03. The Morgan fingerprint density at radius 3 is 3.00 bits per heavy atom. The van der Waals surface area contributed by atoms with E-state index in [1.54, 1.807) is 0 Å². The van der Waals surface area contributed by atoms with Gasteiger partial charge in [-0.05, 0) is 30.3 Å². The first-order valence-corrected chi connectivity index (χ1v) is 6.33. The Labute approximate surface area is 103 Å². The van der Waals surface area contributed by atoms with E-state index in [1.807, 2.05) is 0 Å². The van der Waals surface area contributed by atoms with E-state index < -0.39 is 0 Å². The molecule has 1 aromatic heterocycles. The standard InChI is InChI=1S/C10H12ClN3OS/c11-9-8(5-12)10(16-14-9)13-6-7-1-3-15-4-2-7/h7,13H,1-4,6H2. The van der Waals surface area contributed by atoms with Gasteiger partial charge in [-0.2, -0.15) is 9.64 Å². The largest absolute Gasteiger partial charge is 0.381 e. The molecule has 0 spiro atoms. The number of ether oxygens (including phenoxy) is 1. The predicted molar refractivity (Wildman–Crippen MR) is 63.9 cm³/mol. The molecule has 0 aromatic carbocycles. The Bertz CT molecular complexity index is 395. The third kappa shape index (κ3) is 2.64. The fourth-order valence-electron chi connectivity index (χ4n) is 1.68. The molecule has 1 aliphatic rings. The van der Waals surface area contributed by atoms with Crippen LogP contribution in [-0.2, 0) is 4.74 Å². The van der Waals surface area contributed by atoms with E-state index in [2.05, 4.69) is 15.8 Å². The summed E-state index contributed by atoms with van der Waals surface area (Å²) < 4.78 is 9.24. The van der Waals surface area contributed by atoms with Gasteiger partial charge >= 0.3 is 0 Å². The van der Waals surface area contributed by atoms with Crippen LogP contribution in [0.1, 0.15) is 18.4 Å². The number of nitrogens with one attached hydrogen (secondary N) is 1. The summed E-state index contributed by atoms with van der Waals surface area (Å²) in [7, 11) is 0. The minimum Gasteiger partial charge on any atom is -0.381 e. The van der Waals surface area contributed by atoms with Crippen molar-refractivity contribution in [2.75, 3.05) is 25.1 Å². The molecule has 1 N–H and O–H groups in total. The van der Waals surface area contributed by atoms with Crippen molar-refractivity contribution in [2.45, 2.75) is 12.8 Å². The number of hydrogen-bond acceptors (Lipinski definition) is 5. The summed E-state index contributed by atoms with van der Waals surface area (Å²) in [5, 5.41) is 13.2. The molecule has 0 amide bonds. The van der Waals surface area contributed by atoms with Crippen LogP contribution in [0.2, 0.25) is 5.15 Å². The average Bonchev–Trinajstić information content (AvgIpc) is 2.68. The Hall–Kier alpha value is -0.830. The van der Waals surface area contributed by atoms with Crippen molar-refractivity contribution in [3.8, 4) is 6.07 Å². The van der Waals surface area contributed by atoms with Gasteiger partial charge in [0.05, 0.1) is 0 Å². The van der Waals surface area contributed by atoms with E-state index >= 15 is 0 Å². The Balaban J connectivity index is 1.91. The molecule has 0 unspecified atom stereocenters. The van der Waals surface area contributed by atoms with Gasteiger partial charge in [-0.15, -0.1) is 0 Å². The minimum atomic E-state index is 0.293. The maximum Gasteiger partial charge on any atom is 0.162 e. The first-order valence-electron chi connectivity index (χ1n) is 5.18. The lowest BCUT2D eigenvalue weighted by Gasteiger charge is -2.22. The number of rotatable bonds is 3. The molecule has 2 heterocycles. The van der Waals surface area contributed by atoms with Crippen LogP contribution in [0.25, 0.3) is 0 Å². The highest BCUT2D eigenvalue weighted by Gasteiger charge is 2.16. The molecule has 1 aromatic rings. The van der Waals surface area contributed by atoms with Crippen molar-refractivity contribution >= 4 is 28.1 Å². The molecule has 16 heavy (non-hydrogen) atoms. The summed E-state index contributed by atoms with van der Waals surface area (Å²) in [5.74, 6) is 0.612. The van der Waals surface area contributed by atoms with Crippen LogP contribution < -0.4 is 5.32 Å². The Morgan fingerprint density at radius 1 is 1.56 bits per heavy atom. The topological polar surface area (TPSA) is 57.9 Å². The van der Waals surface area contributed by atoms with Gasteiger partial charge in [0.25, 0.3) is 0 Å². The van der Waals surface area contributed by atoms with Crippen LogP contribution in [0.5, 0.6) is 0 Å². The van der Waals surface area contributed by atoms with Crippen LogP contribution >= 0.6 is 23.1 Å². The van der Waals surface area contributed by atoms with Gasteiger partial charge in [-0.3, -0.25) is 0 Å². The van der Waals surface area contributed by atoms with Crippen LogP contribution in [-0.4, -0.2) is 24.1 Å². The van der Waals surface area contributed by atoms with Crippen molar-refractivity contribution < 1.29 is 4.74 Å². The lowest BCUT2D eigenvalue weighted by molar-refractivity contribution is 0.0699. The normalized spacial score (nSPS) is 17.0. The average molecular weight is 258 g/mol. The number of nitrogens with zero attached hydrogens (tertiary/aromatic N) is 2. The highest BCUT2D eigenvalue weighted by Crippen LogP contribution is 2.28. The zero-order chi connectivity index (χ0) is 11.4. The Morgan fingerprint density at radius 2 is 2.31 bits per heavy atom. The van der Waals surface area contributed by atoms with E-state index in [-0.39, 0.29) is 0 Å². The number of nitriles is 1. The molecule has 0 bridgehead atoms. The van der Waals surface area contributed by atoms with E-state index in [1.165, 1.54) is 11.5 Å². The molecule has 1 aliphatic heterocycles. The molecule has 0 radical (unpaired) electrons. The molecular weight excluding hydrogens is 246 g/mol. The SMILES string of the molecule is N#Cc1c(Cl)nsc1NCC1CCOCC1.